The van der Waals surface area contributed by atoms with Crippen LogP contribution in [0, 0.1) is 5.82 Å². The van der Waals surface area contributed by atoms with Gasteiger partial charge in [0.2, 0.25) is 5.91 Å². The normalized spacial score (nSPS) is 17.3. The number of nitrogens with two attached hydrogens (primary N) is 1. The van der Waals surface area contributed by atoms with Crippen LogP contribution < -0.4 is 11.1 Å². The van der Waals surface area contributed by atoms with Gasteiger partial charge in [0, 0.05) is 29.0 Å². The van der Waals surface area contributed by atoms with Crippen molar-refractivity contribution in [3.63, 3.8) is 0 Å². The lowest BCUT2D eigenvalue weighted by Crippen LogP contribution is -2.34. The predicted octanol–water partition coefficient (Wildman–Crippen LogP) is 2.69. The van der Waals surface area contributed by atoms with Crippen LogP contribution in [0.5, 0.6) is 0 Å². The average Bonchev–Trinajstić information content (AvgIpc) is 2.90. The number of rotatable bonds is 6. The Labute approximate surface area is 123 Å². The second-order valence-corrected chi connectivity index (χ2v) is 6.64. The second kappa shape index (κ2) is 6.59. The van der Waals surface area contributed by atoms with E-state index in [1.54, 1.807) is 12.1 Å². The molecule has 1 amide bonds. The van der Waals surface area contributed by atoms with E-state index in [1.165, 1.54) is 31.7 Å². The fraction of sp³-hybridized carbons (Fsp3) is 0.533. The van der Waals surface area contributed by atoms with Crippen LogP contribution in [0.25, 0.3) is 0 Å². The van der Waals surface area contributed by atoms with E-state index in [0.29, 0.717) is 16.9 Å². The lowest BCUT2D eigenvalue weighted by atomic mass is 10.1. The fourth-order valence-corrected chi connectivity index (χ4v) is 3.68. The molecule has 110 valence electrons. The Hall–Kier alpha value is -1.07. The number of thioether (sulfide) groups is 1. The largest absolute Gasteiger partial charge is 0.366 e. The van der Waals surface area contributed by atoms with E-state index in [-0.39, 0.29) is 11.4 Å². The summed E-state index contributed by atoms with van der Waals surface area (Å²) in [6.07, 6.45) is 7.16. The van der Waals surface area contributed by atoms with E-state index in [4.69, 9.17) is 5.73 Å². The van der Waals surface area contributed by atoms with Crippen molar-refractivity contribution in [2.45, 2.75) is 37.0 Å². The van der Waals surface area contributed by atoms with Crippen molar-refractivity contribution in [2.75, 3.05) is 12.8 Å². The Balaban J connectivity index is 1.92. The number of carbonyl (C=O) groups excluding carboxylic acids is 1. The van der Waals surface area contributed by atoms with Crippen molar-refractivity contribution in [3.8, 4) is 0 Å². The van der Waals surface area contributed by atoms with Gasteiger partial charge in [-0.15, -0.1) is 0 Å². The molecule has 3 N–H and O–H groups in total. The Morgan fingerprint density at radius 2 is 2.15 bits per heavy atom. The molecular weight excluding hydrogens is 275 g/mol. The Morgan fingerprint density at radius 3 is 2.70 bits per heavy atom. The molecule has 5 heteroatoms. The molecule has 1 aliphatic carbocycles. The zero-order valence-corrected chi connectivity index (χ0v) is 12.6. The van der Waals surface area contributed by atoms with Gasteiger partial charge in [-0.1, -0.05) is 18.9 Å². The maximum Gasteiger partial charge on any atom is 0.248 e. The highest BCUT2D eigenvalue weighted by Crippen LogP contribution is 2.39. The number of hydrogen-bond donors (Lipinski definition) is 2. The lowest BCUT2D eigenvalue weighted by molar-refractivity contribution is 0.1000. The molecule has 1 aromatic rings. The molecule has 0 spiro atoms. The third-order valence-corrected chi connectivity index (χ3v) is 5.47. The maximum atomic E-state index is 13.8. The zero-order valence-electron chi connectivity index (χ0n) is 11.7. The predicted molar refractivity (Wildman–Crippen MR) is 81.3 cm³/mol. The van der Waals surface area contributed by atoms with Crippen LogP contribution in [0.3, 0.4) is 0 Å². The quantitative estimate of drug-likeness (QED) is 0.848. The van der Waals surface area contributed by atoms with Crippen LogP contribution in [-0.4, -0.2) is 23.5 Å². The number of amides is 1. The molecule has 20 heavy (non-hydrogen) atoms. The van der Waals surface area contributed by atoms with Crippen molar-refractivity contribution in [1.29, 1.82) is 0 Å². The number of hydrogen-bond acceptors (Lipinski definition) is 3. The Morgan fingerprint density at radius 1 is 1.45 bits per heavy atom. The molecule has 0 atom stereocenters. The summed E-state index contributed by atoms with van der Waals surface area (Å²) in [5.74, 6) is -0.978. The summed E-state index contributed by atoms with van der Waals surface area (Å²) in [7, 11) is 0. The Bertz CT molecular complexity index is 487. The Kier molecular flexibility index (Phi) is 5.05. The molecule has 0 radical (unpaired) electrons. The van der Waals surface area contributed by atoms with Gasteiger partial charge in [-0.25, -0.2) is 4.39 Å². The zero-order chi connectivity index (χ0) is 14.6. The van der Waals surface area contributed by atoms with Crippen molar-refractivity contribution in [2.24, 2.45) is 5.73 Å². The van der Waals surface area contributed by atoms with Crippen molar-refractivity contribution >= 4 is 17.7 Å². The van der Waals surface area contributed by atoms with Crippen LogP contribution in [0.1, 0.15) is 41.6 Å². The number of primary amides is 1. The third-order valence-electron chi connectivity index (χ3n) is 4.05. The monoisotopic (exact) mass is 296 g/mol. The maximum absolute atomic E-state index is 13.8. The summed E-state index contributed by atoms with van der Waals surface area (Å²) in [5.41, 5.74) is 5.91. The molecular formula is C15H21FN2OS. The topological polar surface area (TPSA) is 55.1 Å². The number of carbonyl (C=O) groups is 1. The van der Waals surface area contributed by atoms with Gasteiger partial charge in [0.25, 0.3) is 0 Å². The molecule has 1 fully saturated rings. The molecule has 1 aliphatic rings. The molecule has 0 saturated heterocycles. The summed E-state index contributed by atoms with van der Waals surface area (Å²) >= 11 is 1.91. The van der Waals surface area contributed by atoms with Gasteiger partial charge in [0.05, 0.1) is 0 Å². The summed E-state index contributed by atoms with van der Waals surface area (Å²) in [6.45, 7) is 1.37. The highest BCUT2D eigenvalue weighted by Gasteiger charge is 2.32. The summed E-state index contributed by atoms with van der Waals surface area (Å²) in [6, 6.07) is 4.41. The summed E-state index contributed by atoms with van der Waals surface area (Å²) < 4.78 is 14.1. The van der Waals surface area contributed by atoms with Gasteiger partial charge in [0.15, 0.2) is 0 Å². The minimum Gasteiger partial charge on any atom is -0.366 e. The third kappa shape index (κ3) is 3.52. The van der Waals surface area contributed by atoms with Gasteiger partial charge < -0.3 is 11.1 Å². The number of nitrogens with one attached hydrogen (secondary N) is 1. The summed E-state index contributed by atoms with van der Waals surface area (Å²) in [4.78, 5) is 11.0. The van der Waals surface area contributed by atoms with Crippen LogP contribution >= 0.6 is 11.8 Å². The van der Waals surface area contributed by atoms with Crippen LogP contribution in [0.4, 0.5) is 4.39 Å². The van der Waals surface area contributed by atoms with E-state index in [1.807, 2.05) is 11.8 Å². The minimum atomic E-state index is -0.601. The van der Waals surface area contributed by atoms with E-state index in [9.17, 15) is 9.18 Å². The molecule has 2 rings (SSSR count). The van der Waals surface area contributed by atoms with Crippen LogP contribution in [0.15, 0.2) is 18.2 Å². The first kappa shape index (κ1) is 15.3. The fourth-order valence-electron chi connectivity index (χ4n) is 2.74. The van der Waals surface area contributed by atoms with Crippen molar-refractivity contribution in [3.05, 3.63) is 35.1 Å². The second-order valence-electron chi connectivity index (χ2n) is 5.37. The lowest BCUT2D eigenvalue weighted by Gasteiger charge is -2.27. The van der Waals surface area contributed by atoms with Crippen LogP contribution in [0.2, 0.25) is 0 Å². The molecule has 0 aliphatic heterocycles. The molecule has 0 heterocycles. The minimum absolute atomic E-state index is 0.211. The van der Waals surface area contributed by atoms with Crippen molar-refractivity contribution < 1.29 is 9.18 Å². The smallest absolute Gasteiger partial charge is 0.248 e. The number of benzene rings is 1. The molecule has 0 aromatic heterocycles. The molecule has 1 aromatic carbocycles. The highest BCUT2D eigenvalue weighted by molar-refractivity contribution is 8.00. The van der Waals surface area contributed by atoms with E-state index < -0.39 is 5.91 Å². The van der Waals surface area contributed by atoms with Gasteiger partial charge >= 0.3 is 0 Å². The first-order valence-electron chi connectivity index (χ1n) is 6.90. The molecule has 3 nitrogen and oxygen atoms in total. The van der Waals surface area contributed by atoms with Crippen molar-refractivity contribution in [1.82, 2.24) is 5.32 Å². The van der Waals surface area contributed by atoms with E-state index >= 15 is 0 Å². The molecule has 0 bridgehead atoms. The highest BCUT2D eigenvalue weighted by atomic mass is 32.2. The molecule has 1 saturated carbocycles. The first-order valence-corrected chi connectivity index (χ1v) is 8.13. The number of halogens is 1. The van der Waals surface area contributed by atoms with E-state index in [2.05, 4.69) is 11.6 Å². The SMILES string of the molecule is CSC1(CNCc2ccc(C(N)=O)cc2F)CCCC1. The average molecular weight is 296 g/mol. The molecule has 0 unspecified atom stereocenters. The van der Waals surface area contributed by atoms with Gasteiger partial charge in [-0.05, 0) is 31.2 Å². The van der Waals surface area contributed by atoms with Gasteiger partial charge in [-0.2, -0.15) is 11.8 Å². The van der Waals surface area contributed by atoms with Gasteiger partial charge in [0.1, 0.15) is 5.82 Å². The van der Waals surface area contributed by atoms with Gasteiger partial charge in [-0.3, -0.25) is 4.79 Å². The van der Waals surface area contributed by atoms with Crippen LogP contribution in [-0.2, 0) is 6.54 Å². The van der Waals surface area contributed by atoms with E-state index in [0.717, 1.165) is 6.54 Å². The first-order chi connectivity index (χ1) is 9.56. The standard InChI is InChI=1S/C15H21FN2OS/c1-20-15(6-2-3-7-15)10-18-9-12-5-4-11(14(17)19)8-13(12)16/h4-5,8,18H,2-3,6-7,9-10H2,1H3,(H2,17,19). The summed E-state index contributed by atoms with van der Waals surface area (Å²) in [5, 5.41) is 3.35.